The Morgan fingerprint density at radius 1 is 0.789 bits per heavy atom. The fraction of sp³-hybridized carbons (Fsp3) is 0.548. The molecule has 0 radical (unpaired) electrons. The van der Waals surface area contributed by atoms with E-state index in [2.05, 4.69) is 45.9 Å². The van der Waals surface area contributed by atoms with E-state index in [4.69, 9.17) is 4.74 Å². The van der Waals surface area contributed by atoms with Gasteiger partial charge in [0.25, 0.3) is 0 Å². The molecule has 2 saturated carbocycles. The van der Waals surface area contributed by atoms with E-state index in [9.17, 15) is 18.8 Å². The summed E-state index contributed by atoms with van der Waals surface area (Å²) >= 11 is 0. The zero-order chi connectivity index (χ0) is 39.3. The van der Waals surface area contributed by atoms with Crippen molar-refractivity contribution in [2.75, 3.05) is 72.9 Å². The lowest BCUT2D eigenvalue weighted by molar-refractivity contribution is -0.133. The number of piperidine rings is 1. The second-order valence-corrected chi connectivity index (χ2v) is 16.1. The minimum absolute atomic E-state index is 0.0239. The van der Waals surface area contributed by atoms with Crippen LogP contribution in [0.3, 0.4) is 0 Å². The Balaban J connectivity index is 0.750. The lowest BCUT2D eigenvalue weighted by Gasteiger charge is -2.43. The van der Waals surface area contributed by atoms with E-state index in [1.807, 2.05) is 24.3 Å². The van der Waals surface area contributed by atoms with Crippen molar-refractivity contribution in [2.24, 2.45) is 5.92 Å². The van der Waals surface area contributed by atoms with Gasteiger partial charge in [0.05, 0.1) is 25.1 Å². The molecule has 4 heterocycles. The summed E-state index contributed by atoms with van der Waals surface area (Å²) in [6.45, 7) is 6.08. The number of carbonyl (C=O) groups excluding carboxylic acids is 3. The molecule has 1 atom stereocenters. The van der Waals surface area contributed by atoms with E-state index in [0.717, 1.165) is 96.3 Å². The van der Waals surface area contributed by atoms with Crippen LogP contribution in [0.5, 0.6) is 0 Å². The van der Waals surface area contributed by atoms with Gasteiger partial charge in [0.2, 0.25) is 23.7 Å². The molecule has 5 fully saturated rings. The van der Waals surface area contributed by atoms with Gasteiger partial charge >= 0.3 is 0 Å². The van der Waals surface area contributed by atoms with E-state index in [-0.39, 0.29) is 53.7 Å². The highest BCUT2D eigenvalue weighted by Gasteiger charge is 2.33. The summed E-state index contributed by atoms with van der Waals surface area (Å²) in [5.41, 5.74) is 3.07. The van der Waals surface area contributed by atoms with Crippen molar-refractivity contribution < 1.29 is 27.9 Å². The Morgan fingerprint density at radius 2 is 1.54 bits per heavy atom. The third-order valence-corrected chi connectivity index (χ3v) is 12.4. The maximum atomic E-state index is 15.2. The highest BCUT2D eigenvalue weighted by Crippen LogP contribution is 2.32. The quantitative estimate of drug-likeness (QED) is 0.213. The smallest absolute Gasteiger partial charge is 0.249 e. The van der Waals surface area contributed by atoms with Gasteiger partial charge in [-0.25, -0.2) is 18.7 Å². The third kappa shape index (κ3) is 9.47. The van der Waals surface area contributed by atoms with Crippen LogP contribution in [0.2, 0.25) is 0 Å². The molecule has 13 nitrogen and oxygen atoms in total. The van der Waals surface area contributed by atoms with E-state index in [0.29, 0.717) is 48.6 Å². The molecule has 2 aromatic carbocycles. The fourth-order valence-electron chi connectivity index (χ4n) is 9.11. The molecule has 0 spiro atoms. The Kier molecular flexibility index (Phi) is 12.1. The Hall–Kier alpha value is -4.89. The minimum Gasteiger partial charge on any atom is -0.378 e. The molecular formula is C42H53F2N9O4. The number of carbonyl (C=O) groups is 3. The highest BCUT2D eigenvalue weighted by atomic mass is 19.1. The number of amides is 3. The fourth-order valence-corrected chi connectivity index (χ4v) is 9.11. The number of aromatic nitrogens is 2. The Labute approximate surface area is 332 Å². The van der Waals surface area contributed by atoms with Crippen LogP contribution >= 0.6 is 0 Å². The number of rotatable bonds is 10. The first-order chi connectivity index (χ1) is 27.8. The first-order valence-corrected chi connectivity index (χ1v) is 20.7. The molecule has 5 aliphatic rings. The number of hydrogen-bond donors (Lipinski definition) is 4. The van der Waals surface area contributed by atoms with E-state index in [1.165, 1.54) is 12.3 Å². The molecule has 3 saturated heterocycles. The zero-order valence-corrected chi connectivity index (χ0v) is 32.4. The van der Waals surface area contributed by atoms with Gasteiger partial charge in [-0.3, -0.25) is 24.6 Å². The Bertz CT molecular complexity index is 1910. The van der Waals surface area contributed by atoms with E-state index >= 15 is 4.39 Å². The summed E-state index contributed by atoms with van der Waals surface area (Å²) < 4.78 is 35.7. The van der Waals surface area contributed by atoms with Crippen LogP contribution in [0.4, 0.5) is 31.8 Å². The number of anilines is 4. The summed E-state index contributed by atoms with van der Waals surface area (Å²) in [4.78, 5) is 52.5. The Morgan fingerprint density at radius 3 is 2.28 bits per heavy atom. The third-order valence-electron chi connectivity index (χ3n) is 12.4. The number of hydrogen-bond acceptors (Lipinski definition) is 11. The van der Waals surface area contributed by atoms with Gasteiger partial charge in [-0.05, 0) is 88.1 Å². The molecule has 1 aromatic heterocycles. The van der Waals surface area contributed by atoms with Crippen molar-refractivity contribution in [1.29, 1.82) is 0 Å². The number of ether oxygens (including phenoxy) is 1. The normalized spacial score (nSPS) is 26.1. The molecule has 0 bridgehead atoms. The van der Waals surface area contributed by atoms with Gasteiger partial charge in [-0.15, -0.1) is 0 Å². The van der Waals surface area contributed by atoms with E-state index < -0.39 is 11.9 Å². The SMILES string of the molecule is O=C1CCC(Nc2ccc(N3CCN(C4CCC(NC(=O)C5CCC(Nc6ncc(F)c(-c7cccc(N8CCOCC8)c7)n6)CC5)CC4)CC3)c(F)c2)C(=O)N1. The van der Waals surface area contributed by atoms with Crippen LogP contribution < -0.4 is 31.1 Å². The van der Waals surface area contributed by atoms with Crippen LogP contribution in [0.25, 0.3) is 11.3 Å². The van der Waals surface area contributed by atoms with Crippen LogP contribution in [0.1, 0.15) is 64.2 Å². The number of halogens is 2. The van der Waals surface area contributed by atoms with Gasteiger partial charge in [0, 0.05) is 86.7 Å². The van der Waals surface area contributed by atoms with Gasteiger partial charge < -0.3 is 30.5 Å². The maximum absolute atomic E-state index is 15.2. The number of morpholine rings is 1. The van der Waals surface area contributed by atoms with Crippen LogP contribution in [0, 0.1) is 17.6 Å². The van der Waals surface area contributed by atoms with Crippen LogP contribution in [0.15, 0.2) is 48.7 Å². The van der Waals surface area contributed by atoms with Crippen molar-refractivity contribution >= 4 is 40.7 Å². The summed E-state index contributed by atoms with van der Waals surface area (Å²) in [5.74, 6) is -0.939. The summed E-state index contributed by atoms with van der Waals surface area (Å²) in [6.07, 6.45) is 8.99. The molecule has 57 heavy (non-hydrogen) atoms. The van der Waals surface area contributed by atoms with Gasteiger partial charge in [-0.1, -0.05) is 12.1 Å². The largest absolute Gasteiger partial charge is 0.378 e. The number of benzene rings is 2. The van der Waals surface area contributed by atoms with Crippen molar-refractivity contribution in [3.8, 4) is 11.3 Å². The molecule has 1 unspecified atom stereocenters. The molecule has 8 rings (SSSR count). The van der Waals surface area contributed by atoms with Gasteiger partial charge in [0.15, 0.2) is 5.82 Å². The molecule has 4 N–H and O–H groups in total. The predicted molar refractivity (Wildman–Crippen MR) is 214 cm³/mol. The molecule has 3 amide bonds. The molecule has 15 heteroatoms. The average Bonchev–Trinajstić information content (AvgIpc) is 3.24. The summed E-state index contributed by atoms with van der Waals surface area (Å²) in [7, 11) is 0. The first kappa shape index (κ1) is 39.0. The van der Waals surface area contributed by atoms with Crippen molar-refractivity contribution in [2.45, 2.75) is 88.4 Å². The number of nitrogens with zero attached hydrogens (tertiary/aromatic N) is 5. The second kappa shape index (κ2) is 17.7. The lowest BCUT2D eigenvalue weighted by atomic mass is 9.84. The van der Waals surface area contributed by atoms with Crippen molar-refractivity contribution in [1.82, 2.24) is 25.5 Å². The lowest BCUT2D eigenvalue weighted by Crippen LogP contribution is -2.52. The van der Waals surface area contributed by atoms with Gasteiger partial charge in [-0.2, -0.15) is 0 Å². The minimum atomic E-state index is -0.556. The number of piperazine rings is 1. The summed E-state index contributed by atoms with van der Waals surface area (Å²) in [5, 5.41) is 12.1. The first-order valence-electron chi connectivity index (χ1n) is 20.7. The van der Waals surface area contributed by atoms with Crippen molar-refractivity contribution in [3.05, 3.63) is 60.3 Å². The predicted octanol–water partition coefficient (Wildman–Crippen LogP) is 4.70. The molecule has 2 aliphatic carbocycles. The zero-order valence-electron chi connectivity index (χ0n) is 32.4. The number of nitrogens with one attached hydrogen (secondary N) is 4. The molecular weight excluding hydrogens is 733 g/mol. The van der Waals surface area contributed by atoms with E-state index in [1.54, 1.807) is 12.1 Å². The molecule has 304 valence electrons. The van der Waals surface area contributed by atoms with Crippen LogP contribution in [-0.4, -0.2) is 109 Å². The molecule has 3 aliphatic heterocycles. The number of imide groups is 1. The monoisotopic (exact) mass is 785 g/mol. The standard InChI is InChI=1S/C42H53F2N9O4/c43-34-25-31(46-36-13-15-38(54)49-41(36)56)10-14-37(34)53-18-16-51(17-19-53)32-11-8-29(9-12-32)47-40(55)27-4-6-30(7-5-27)48-42-45-26-35(44)39(50-42)28-2-1-3-33(24-28)52-20-22-57-23-21-52/h1-3,10,14,24-27,29-30,32,36,46H,4-9,11-13,15-23H2,(H,47,55)(H,45,48,50)(H,49,54,56). The highest BCUT2D eigenvalue weighted by molar-refractivity contribution is 6.01. The van der Waals surface area contributed by atoms with Crippen molar-refractivity contribution in [3.63, 3.8) is 0 Å². The molecule has 3 aromatic rings. The van der Waals surface area contributed by atoms with Gasteiger partial charge in [0.1, 0.15) is 17.6 Å². The summed E-state index contributed by atoms with van der Waals surface area (Å²) in [6, 6.07) is 13.0. The topological polar surface area (TPSA) is 144 Å². The maximum Gasteiger partial charge on any atom is 0.249 e. The average molecular weight is 786 g/mol. The second-order valence-electron chi connectivity index (χ2n) is 16.1. The van der Waals surface area contributed by atoms with Crippen LogP contribution in [-0.2, 0) is 19.1 Å².